The minimum absolute atomic E-state index is 0.0171. The lowest BCUT2D eigenvalue weighted by molar-refractivity contribution is -0.116. The van der Waals surface area contributed by atoms with Gasteiger partial charge in [0.2, 0.25) is 0 Å². The van der Waals surface area contributed by atoms with E-state index in [9.17, 15) is 4.79 Å². The maximum Gasteiger partial charge on any atom is 0.160 e. The van der Waals surface area contributed by atoms with Gasteiger partial charge in [-0.15, -0.1) is 0 Å². The van der Waals surface area contributed by atoms with Crippen molar-refractivity contribution in [3.8, 4) is 5.75 Å². The molecule has 15 heavy (non-hydrogen) atoms. The zero-order valence-electron chi connectivity index (χ0n) is 8.82. The van der Waals surface area contributed by atoms with Gasteiger partial charge in [0.15, 0.2) is 5.78 Å². The van der Waals surface area contributed by atoms with Gasteiger partial charge < -0.3 is 15.8 Å². The fraction of sp³-hybridized carbons (Fsp3) is 0.364. The van der Waals surface area contributed by atoms with Crippen molar-refractivity contribution < 1.29 is 9.53 Å². The Balaban J connectivity index is 2.34. The predicted octanol–water partition coefficient (Wildman–Crippen LogP) is 0.313. The van der Waals surface area contributed by atoms with Crippen LogP contribution in [0.2, 0.25) is 0 Å². The number of carbonyl (C=O) groups is 1. The number of benzene rings is 1. The third-order valence-corrected chi connectivity index (χ3v) is 2.04. The number of hydrogen-bond acceptors (Lipinski definition) is 4. The van der Waals surface area contributed by atoms with E-state index in [0.717, 1.165) is 11.3 Å². The van der Waals surface area contributed by atoms with Crippen molar-refractivity contribution in [2.45, 2.75) is 6.54 Å². The molecule has 0 amide bonds. The Morgan fingerprint density at radius 2 is 2.07 bits per heavy atom. The molecule has 0 fully saturated rings. The van der Waals surface area contributed by atoms with Crippen LogP contribution in [0.3, 0.4) is 0 Å². The Bertz CT molecular complexity index is 309. The average Bonchev–Trinajstić information content (AvgIpc) is 2.29. The molecule has 0 bridgehead atoms. The minimum atomic E-state index is 0.0171. The monoisotopic (exact) mass is 208 g/mol. The molecule has 1 rings (SSSR count). The number of ether oxygens (including phenoxy) is 1. The van der Waals surface area contributed by atoms with Crippen LogP contribution in [0, 0.1) is 0 Å². The van der Waals surface area contributed by atoms with Gasteiger partial charge in [-0.05, 0) is 17.7 Å². The number of nitrogens with one attached hydrogen (secondary N) is 1. The van der Waals surface area contributed by atoms with Crippen LogP contribution in [-0.2, 0) is 11.3 Å². The standard InChI is InChI=1S/C11H16N2O2/c1-15-11-4-2-9(3-5-11)7-13-8-10(14)6-12/h2-5,13H,6-8,12H2,1H3. The second-order valence-corrected chi connectivity index (χ2v) is 3.19. The molecule has 0 atom stereocenters. The number of ketones is 1. The van der Waals surface area contributed by atoms with Crippen molar-refractivity contribution >= 4 is 5.78 Å². The molecule has 0 aromatic heterocycles. The van der Waals surface area contributed by atoms with E-state index in [1.807, 2.05) is 24.3 Å². The Hall–Kier alpha value is -1.39. The topological polar surface area (TPSA) is 64.3 Å². The lowest BCUT2D eigenvalue weighted by atomic mass is 10.2. The van der Waals surface area contributed by atoms with Crippen LogP contribution in [0.5, 0.6) is 5.75 Å². The highest BCUT2D eigenvalue weighted by molar-refractivity contribution is 5.82. The summed E-state index contributed by atoms with van der Waals surface area (Å²) in [6.45, 7) is 1.08. The molecule has 0 aliphatic rings. The number of nitrogens with two attached hydrogens (primary N) is 1. The largest absolute Gasteiger partial charge is 0.497 e. The van der Waals surface area contributed by atoms with E-state index in [0.29, 0.717) is 13.1 Å². The van der Waals surface area contributed by atoms with Gasteiger partial charge in [-0.2, -0.15) is 0 Å². The van der Waals surface area contributed by atoms with Gasteiger partial charge in [0.1, 0.15) is 5.75 Å². The molecule has 0 aliphatic heterocycles. The van der Waals surface area contributed by atoms with Crippen LogP contribution in [0.25, 0.3) is 0 Å². The molecule has 0 spiro atoms. The molecular formula is C11H16N2O2. The zero-order valence-corrected chi connectivity index (χ0v) is 8.82. The summed E-state index contributed by atoms with van der Waals surface area (Å²) in [6.07, 6.45) is 0. The molecule has 1 aromatic carbocycles. The highest BCUT2D eigenvalue weighted by atomic mass is 16.5. The molecular weight excluding hydrogens is 192 g/mol. The lowest BCUT2D eigenvalue weighted by Crippen LogP contribution is -2.27. The van der Waals surface area contributed by atoms with E-state index in [4.69, 9.17) is 10.5 Å². The van der Waals surface area contributed by atoms with Crippen LogP contribution < -0.4 is 15.8 Å². The van der Waals surface area contributed by atoms with Crippen LogP contribution in [0.15, 0.2) is 24.3 Å². The summed E-state index contributed by atoms with van der Waals surface area (Å²) in [5, 5.41) is 3.02. The maximum atomic E-state index is 10.9. The molecule has 4 heteroatoms. The van der Waals surface area contributed by atoms with Crippen molar-refractivity contribution in [1.82, 2.24) is 5.32 Å². The van der Waals surface area contributed by atoms with E-state index in [-0.39, 0.29) is 12.3 Å². The molecule has 82 valence electrons. The third-order valence-electron chi connectivity index (χ3n) is 2.04. The van der Waals surface area contributed by atoms with Crippen molar-refractivity contribution in [2.24, 2.45) is 5.73 Å². The van der Waals surface area contributed by atoms with Gasteiger partial charge in [-0.25, -0.2) is 0 Å². The van der Waals surface area contributed by atoms with E-state index >= 15 is 0 Å². The zero-order chi connectivity index (χ0) is 11.1. The summed E-state index contributed by atoms with van der Waals surface area (Å²) in [6, 6.07) is 7.70. The molecule has 0 aliphatic carbocycles. The van der Waals surface area contributed by atoms with Crippen molar-refractivity contribution in [2.75, 3.05) is 20.2 Å². The highest BCUT2D eigenvalue weighted by Crippen LogP contribution is 2.10. The molecule has 3 N–H and O–H groups in total. The number of methoxy groups -OCH3 is 1. The Kier molecular flexibility index (Phi) is 4.80. The number of hydrogen-bond donors (Lipinski definition) is 2. The predicted molar refractivity (Wildman–Crippen MR) is 58.8 cm³/mol. The second-order valence-electron chi connectivity index (χ2n) is 3.19. The summed E-state index contributed by atoms with van der Waals surface area (Å²) in [4.78, 5) is 10.9. The first-order valence-corrected chi connectivity index (χ1v) is 4.81. The van der Waals surface area contributed by atoms with Gasteiger partial charge >= 0.3 is 0 Å². The first kappa shape index (κ1) is 11.7. The number of carbonyl (C=O) groups excluding carboxylic acids is 1. The van der Waals surface area contributed by atoms with Gasteiger partial charge in [-0.1, -0.05) is 12.1 Å². The molecule has 0 unspecified atom stereocenters. The molecule has 1 aromatic rings. The highest BCUT2D eigenvalue weighted by Gasteiger charge is 1.98. The number of Topliss-reactive ketones (excluding diaryl/α,β-unsaturated/α-hetero) is 1. The van der Waals surface area contributed by atoms with E-state index in [2.05, 4.69) is 5.32 Å². The first-order valence-electron chi connectivity index (χ1n) is 4.81. The smallest absolute Gasteiger partial charge is 0.160 e. The fourth-order valence-electron chi connectivity index (χ4n) is 1.16. The van der Waals surface area contributed by atoms with Gasteiger partial charge in [0.25, 0.3) is 0 Å². The molecule has 0 radical (unpaired) electrons. The van der Waals surface area contributed by atoms with Crippen LogP contribution in [-0.4, -0.2) is 26.0 Å². The van der Waals surface area contributed by atoms with Crippen LogP contribution >= 0.6 is 0 Å². The third kappa shape index (κ3) is 4.10. The number of rotatable bonds is 6. The molecule has 0 heterocycles. The molecule has 0 saturated heterocycles. The Morgan fingerprint density at radius 3 is 2.60 bits per heavy atom. The summed E-state index contributed by atoms with van der Waals surface area (Å²) in [7, 11) is 1.63. The lowest BCUT2D eigenvalue weighted by Gasteiger charge is -2.04. The van der Waals surface area contributed by atoms with E-state index in [1.165, 1.54) is 0 Å². The maximum absolute atomic E-state index is 10.9. The van der Waals surface area contributed by atoms with Crippen molar-refractivity contribution in [1.29, 1.82) is 0 Å². The minimum Gasteiger partial charge on any atom is -0.497 e. The fourth-order valence-corrected chi connectivity index (χ4v) is 1.16. The van der Waals surface area contributed by atoms with Gasteiger partial charge in [0.05, 0.1) is 20.2 Å². The van der Waals surface area contributed by atoms with E-state index < -0.39 is 0 Å². The Morgan fingerprint density at radius 1 is 1.40 bits per heavy atom. The Labute approximate surface area is 89.4 Å². The van der Waals surface area contributed by atoms with Crippen molar-refractivity contribution in [3.05, 3.63) is 29.8 Å². The quantitative estimate of drug-likeness (QED) is 0.706. The average molecular weight is 208 g/mol. The van der Waals surface area contributed by atoms with Gasteiger partial charge in [-0.3, -0.25) is 4.79 Å². The molecule has 4 nitrogen and oxygen atoms in total. The van der Waals surface area contributed by atoms with Gasteiger partial charge in [0, 0.05) is 6.54 Å². The summed E-state index contributed by atoms with van der Waals surface area (Å²) >= 11 is 0. The SMILES string of the molecule is COc1ccc(CNCC(=O)CN)cc1. The molecule has 0 saturated carbocycles. The van der Waals surface area contributed by atoms with Crippen LogP contribution in [0.4, 0.5) is 0 Å². The van der Waals surface area contributed by atoms with Crippen LogP contribution in [0.1, 0.15) is 5.56 Å². The normalized spacial score (nSPS) is 10.0. The van der Waals surface area contributed by atoms with E-state index in [1.54, 1.807) is 7.11 Å². The summed E-state index contributed by atoms with van der Waals surface area (Å²) in [5.74, 6) is 0.847. The second kappa shape index (κ2) is 6.16. The van der Waals surface area contributed by atoms with Crippen molar-refractivity contribution in [3.63, 3.8) is 0 Å². The summed E-state index contributed by atoms with van der Waals surface area (Å²) in [5.41, 5.74) is 6.29. The first-order chi connectivity index (χ1) is 7.26. The summed E-state index contributed by atoms with van der Waals surface area (Å²) < 4.78 is 5.04.